The van der Waals surface area contributed by atoms with E-state index in [4.69, 9.17) is 4.84 Å². The van der Waals surface area contributed by atoms with Gasteiger partial charge in [-0.05, 0) is 80.5 Å². The van der Waals surface area contributed by atoms with Gasteiger partial charge in [0.15, 0.2) is 5.84 Å². The van der Waals surface area contributed by atoms with Crippen LogP contribution in [0.4, 0.5) is 0 Å². The highest BCUT2D eigenvalue weighted by molar-refractivity contribution is 6.00. The Morgan fingerprint density at radius 3 is 2.10 bits per heavy atom. The first-order valence-corrected chi connectivity index (χ1v) is 10.8. The number of hydrogen-bond acceptors (Lipinski definition) is 4. The monoisotopic (exact) mass is 383 g/mol. The summed E-state index contributed by atoms with van der Waals surface area (Å²) in [6.07, 6.45) is 7.81. The largest absolute Gasteiger partial charge is 0.363 e. The predicted octanol–water partition coefficient (Wildman–Crippen LogP) is 5.22. The van der Waals surface area contributed by atoms with Gasteiger partial charge < -0.3 is 9.74 Å². The van der Waals surface area contributed by atoms with Crippen molar-refractivity contribution in [3.63, 3.8) is 0 Å². The van der Waals surface area contributed by atoms with Crippen molar-refractivity contribution in [1.29, 1.82) is 5.26 Å². The fraction of sp³-hybridized carbons (Fsp3) is 0.440. The number of hydrogen-bond donors (Lipinski definition) is 0. The topological polar surface area (TPSA) is 48.6 Å². The van der Waals surface area contributed by atoms with Crippen molar-refractivity contribution in [3.8, 4) is 6.07 Å². The molecule has 1 heterocycles. The lowest BCUT2D eigenvalue weighted by atomic mass is 9.52. The Bertz CT molecular complexity index is 954. The quantitative estimate of drug-likeness (QED) is 0.730. The molecule has 1 unspecified atom stereocenters. The van der Waals surface area contributed by atoms with Gasteiger partial charge in [-0.2, -0.15) is 5.26 Å². The molecular formula is C25H25N3O. The van der Waals surface area contributed by atoms with Gasteiger partial charge in [-0.15, -0.1) is 0 Å². The highest BCUT2D eigenvalue weighted by atomic mass is 16.7. The number of rotatable bonds is 3. The third kappa shape index (κ3) is 2.68. The van der Waals surface area contributed by atoms with Crippen molar-refractivity contribution in [2.75, 3.05) is 0 Å². The van der Waals surface area contributed by atoms with Crippen molar-refractivity contribution in [3.05, 3.63) is 71.3 Å². The minimum Gasteiger partial charge on any atom is -0.363 e. The molecule has 0 aromatic heterocycles. The second-order valence-corrected chi connectivity index (χ2v) is 9.48. The summed E-state index contributed by atoms with van der Waals surface area (Å²) < 4.78 is 0. The van der Waals surface area contributed by atoms with Crippen LogP contribution in [0.25, 0.3) is 0 Å². The summed E-state index contributed by atoms with van der Waals surface area (Å²) >= 11 is 0. The fourth-order valence-corrected chi connectivity index (χ4v) is 6.85. The molecule has 0 N–H and O–H groups in total. The van der Waals surface area contributed by atoms with Crippen LogP contribution in [0.3, 0.4) is 0 Å². The maximum atomic E-state index is 9.17. The average Bonchev–Trinajstić information content (AvgIpc) is 3.20. The van der Waals surface area contributed by atoms with Crippen LogP contribution in [0.15, 0.2) is 59.8 Å². The van der Waals surface area contributed by atoms with Gasteiger partial charge in [-0.25, -0.2) is 0 Å². The fourth-order valence-electron chi connectivity index (χ4n) is 6.85. The lowest BCUT2D eigenvalue weighted by Gasteiger charge is -2.60. The van der Waals surface area contributed by atoms with Crippen LogP contribution < -0.4 is 0 Å². The van der Waals surface area contributed by atoms with Crippen LogP contribution in [0.2, 0.25) is 0 Å². The molecule has 0 spiro atoms. The van der Waals surface area contributed by atoms with Crippen molar-refractivity contribution in [2.24, 2.45) is 22.9 Å². The molecule has 0 amide bonds. The van der Waals surface area contributed by atoms with Crippen LogP contribution in [-0.2, 0) is 4.84 Å². The Labute approximate surface area is 171 Å². The molecule has 0 saturated heterocycles. The lowest BCUT2D eigenvalue weighted by molar-refractivity contribution is -0.116. The first-order chi connectivity index (χ1) is 14.2. The molecule has 4 saturated carbocycles. The first kappa shape index (κ1) is 17.1. The maximum absolute atomic E-state index is 9.17. The molecule has 2 aromatic rings. The van der Waals surface area contributed by atoms with Crippen molar-refractivity contribution in [1.82, 2.24) is 4.90 Å². The zero-order valence-electron chi connectivity index (χ0n) is 16.5. The number of nitrogens with zero attached hydrogens (tertiary/aromatic N) is 3. The second kappa shape index (κ2) is 6.35. The van der Waals surface area contributed by atoms with Crippen molar-refractivity contribution >= 4 is 5.84 Å². The van der Waals surface area contributed by atoms with Gasteiger partial charge in [0.1, 0.15) is 0 Å². The van der Waals surface area contributed by atoms with Crippen LogP contribution >= 0.6 is 0 Å². The maximum Gasteiger partial charge on any atom is 0.227 e. The Hall–Kier alpha value is -2.80. The summed E-state index contributed by atoms with van der Waals surface area (Å²) in [7, 11) is 0. The van der Waals surface area contributed by atoms with E-state index in [0.717, 1.165) is 34.7 Å². The van der Waals surface area contributed by atoms with Crippen LogP contribution in [-0.4, -0.2) is 16.3 Å². The first-order valence-electron chi connectivity index (χ1n) is 10.8. The normalized spacial score (nSPS) is 34.6. The molecule has 2 aromatic carbocycles. The number of oxime groups is 1. The van der Waals surface area contributed by atoms with Gasteiger partial charge in [0.25, 0.3) is 0 Å². The minimum absolute atomic E-state index is 0.137. The van der Waals surface area contributed by atoms with Gasteiger partial charge in [0.05, 0.1) is 11.6 Å². The van der Waals surface area contributed by atoms with E-state index in [-0.39, 0.29) is 11.8 Å². The molecular weight excluding hydrogens is 358 g/mol. The summed E-state index contributed by atoms with van der Waals surface area (Å²) in [6.45, 7) is 0. The molecule has 4 aliphatic carbocycles. The smallest absolute Gasteiger partial charge is 0.227 e. The number of nitriles is 1. The van der Waals surface area contributed by atoms with Crippen molar-refractivity contribution < 1.29 is 4.84 Å². The summed E-state index contributed by atoms with van der Waals surface area (Å²) in [4.78, 5) is 8.64. The van der Waals surface area contributed by atoms with Crippen LogP contribution in [0.1, 0.15) is 61.4 Å². The highest BCUT2D eigenvalue weighted by Crippen LogP contribution is 2.60. The Balaban J connectivity index is 1.44. The van der Waals surface area contributed by atoms with Crippen LogP contribution in [0, 0.1) is 29.1 Å². The molecule has 4 nitrogen and oxygen atoms in total. The van der Waals surface area contributed by atoms with Gasteiger partial charge >= 0.3 is 0 Å². The van der Waals surface area contributed by atoms with E-state index in [2.05, 4.69) is 46.5 Å². The second-order valence-electron chi connectivity index (χ2n) is 9.48. The third-order valence-electron chi connectivity index (χ3n) is 7.58. The van der Waals surface area contributed by atoms with Gasteiger partial charge in [-0.3, -0.25) is 0 Å². The molecule has 4 bridgehead atoms. The van der Waals surface area contributed by atoms with E-state index in [0.29, 0.717) is 5.56 Å². The van der Waals surface area contributed by atoms with E-state index in [1.54, 1.807) is 0 Å². The molecule has 5 aliphatic rings. The summed E-state index contributed by atoms with van der Waals surface area (Å²) in [5, 5.41) is 13.8. The van der Waals surface area contributed by atoms with Gasteiger partial charge in [0.2, 0.25) is 6.23 Å². The third-order valence-corrected chi connectivity index (χ3v) is 7.58. The Morgan fingerprint density at radius 2 is 1.52 bits per heavy atom. The Kier molecular flexibility index (Phi) is 3.74. The molecule has 29 heavy (non-hydrogen) atoms. The highest BCUT2D eigenvalue weighted by Gasteiger charge is 2.57. The summed E-state index contributed by atoms with van der Waals surface area (Å²) in [6, 6.07) is 20.5. The van der Waals surface area contributed by atoms with E-state index < -0.39 is 0 Å². The van der Waals surface area contributed by atoms with Crippen molar-refractivity contribution in [2.45, 2.75) is 50.3 Å². The minimum atomic E-state index is -0.168. The molecule has 146 valence electrons. The zero-order valence-corrected chi connectivity index (χ0v) is 16.5. The molecule has 1 atom stereocenters. The van der Waals surface area contributed by atoms with Gasteiger partial charge in [0, 0.05) is 16.7 Å². The SMILES string of the molecule is N#Cc1ccc(C2=NOC(c3ccccc3)N2C23CC4CC(CC(C4)C2)C3)cc1. The molecule has 0 radical (unpaired) electrons. The van der Waals surface area contributed by atoms with E-state index in [9.17, 15) is 5.26 Å². The molecule has 7 rings (SSSR count). The summed E-state index contributed by atoms with van der Waals surface area (Å²) in [5.74, 6) is 3.48. The standard InChI is InChI=1S/C25H25N3O/c26-16-17-6-8-21(9-7-17)23-27-29-24(22-4-2-1-3-5-22)28(23)25-13-18-10-19(14-25)12-20(11-18)15-25/h1-9,18-20,24H,10-15H2. The van der Waals surface area contributed by atoms with Crippen LogP contribution in [0.5, 0.6) is 0 Å². The van der Waals surface area contributed by atoms with Gasteiger partial charge in [-0.1, -0.05) is 35.5 Å². The molecule has 4 fully saturated rings. The van der Waals surface area contributed by atoms with E-state index in [1.807, 2.05) is 24.3 Å². The number of amidine groups is 1. The molecule has 1 aliphatic heterocycles. The predicted molar refractivity (Wildman–Crippen MR) is 111 cm³/mol. The zero-order chi connectivity index (χ0) is 19.4. The average molecular weight is 383 g/mol. The summed E-state index contributed by atoms with van der Waals surface area (Å²) in [5.41, 5.74) is 3.02. The molecule has 4 heteroatoms. The lowest BCUT2D eigenvalue weighted by Crippen LogP contribution is -2.61. The van der Waals surface area contributed by atoms with E-state index in [1.165, 1.54) is 38.5 Å². The van der Waals surface area contributed by atoms with E-state index >= 15 is 0 Å². The Morgan fingerprint density at radius 1 is 0.897 bits per heavy atom. The number of benzene rings is 2.